The van der Waals surface area contributed by atoms with Gasteiger partial charge < -0.3 is 10.3 Å². The van der Waals surface area contributed by atoms with Crippen molar-refractivity contribution in [2.75, 3.05) is 0 Å². The maximum absolute atomic E-state index is 12.9. The van der Waals surface area contributed by atoms with Crippen LogP contribution in [-0.4, -0.2) is 15.9 Å². The Bertz CT molecular complexity index is 951. The molecule has 2 N–H and O–H groups in total. The lowest BCUT2D eigenvalue weighted by Gasteiger charge is -2.14. The summed E-state index contributed by atoms with van der Waals surface area (Å²) in [6, 6.07) is 13.0. The number of nitrogens with zero attached hydrogens (tertiary/aromatic N) is 1. The van der Waals surface area contributed by atoms with Crippen molar-refractivity contribution in [1.29, 1.82) is 0 Å². The van der Waals surface area contributed by atoms with Crippen LogP contribution in [0.15, 0.2) is 53.3 Å². The number of halogens is 1. The molecule has 1 amide bonds. The summed E-state index contributed by atoms with van der Waals surface area (Å²) in [6.07, 6.45) is 0.405. The Morgan fingerprint density at radius 3 is 2.68 bits per heavy atom. The molecule has 3 rings (SSSR count). The van der Waals surface area contributed by atoms with E-state index in [1.807, 2.05) is 25.1 Å². The maximum atomic E-state index is 12.9. The van der Waals surface area contributed by atoms with Crippen LogP contribution in [0, 0.1) is 5.82 Å². The van der Waals surface area contributed by atoms with Crippen molar-refractivity contribution in [2.24, 2.45) is 0 Å². The zero-order valence-corrected chi connectivity index (χ0v) is 13.8. The van der Waals surface area contributed by atoms with Gasteiger partial charge in [0.2, 0.25) is 5.91 Å². The Morgan fingerprint density at radius 1 is 1.20 bits per heavy atom. The van der Waals surface area contributed by atoms with Crippen molar-refractivity contribution in [3.8, 4) is 0 Å². The molecule has 6 heteroatoms. The lowest BCUT2D eigenvalue weighted by atomic mass is 10.1. The summed E-state index contributed by atoms with van der Waals surface area (Å²) in [5.41, 5.74) is 2.24. The molecule has 1 unspecified atom stereocenters. The molecule has 128 valence electrons. The third-order valence-corrected chi connectivity index (χ3v) is 4.01. The monoisotopic (exact) mass is 339 g/mol. The van der Waals surface area contributed by atoms with Crippen LogP contribution in [0.4, 0.5) is 4.39 Å². The summed E-state index contributed by atoms with van der Waals surface area (Å²) in [4.78, 5) is 31.2. The number of benzene rings is 2. The van der Waals surface area contributed by atoms with Gasteiger partial charge in [0.05, 0.1) is 17.1 Å². The van der Waals surface area contributed by atoms with Crippen molar-refractivity contribution in [3.63, 3.8) is 0 Å². The molecule has 1 atom stereocenters. The van der Waals surface area contributed by atoms with E-state index in [2.05, 4.69) is 15.3 Å². The van der Waals surface area contributed by atoms with Gasteiger partial charge in [-0.2, -0.15) is 0 Å². The average molecular weight is 339 g/mol. The van der Waals surface area contributed by atoms with Crippen LogP contribution in [0.3, 0.4) is 0 Å². The molecular formula is C19H18FN3O2. The molecule has 5 nitrogen and oxygen atoms in total. The SMILES string of the molecule is CC(NC(=O)CCc1nc2ccccc2[nH]c1=O)c1ccc(F)cc1. The van der Waals surface area contributed by atoms with Gasteiger partial charge in [0, 0.05) is 12.8 Å². The third-order valence-electron chi connectivity index (χ3n) is 4.01. The van der Waals surface area contributed by atoms with Gasteiger partial charge >= 0.3 is 0 Å². The smallest absolute Gasteiger partial charge is 0.270 e. The van der Waals surface area contributed by atoms with E-state index in [4.69, 9.17) is 0 Å². The summed E-state index contributed by atoms with van der Waals surface area (Å²) in [6.45, 7) is 1.83. The molecule has 1 aromatic heterocycles. The fourth-order valence-electron chi connectivity index (χ4n) is 2.62. The second-order valence-corrected chi connectivity index (χ2v) is 5.87. The fourth-order valence-corrected chi connectivity index (χ4v) is 2.62. The highest BCUT2D eigenvalue weighted by atomic mass is 19.1. The van der Waals surface area contributed by atoms with Crippen molar-refractivity contribution in [2.45, 2.75) is 25.8 Å². The number of aryl methyl sites for hydroxylation is 1. The van der Waals surface area contributed by atoms with E-state index in [9.17, 15) is 14.0 Å². The quantitative estimate of drug-likeness (QED) is 0.750. The van der Waals surface area contributed by atoms with Gasteiger partial charge in [0.25, 0.3) is 5.56 Å². The molecule has 0 bridgehead atoms. The van der Waals surface area contributed by atoms with Gasteiger partial charge in [-0.1, -0.05) is 24.3 Å². The van der Waals surface area contributed by atoms with Crippen molar-refractivity contribution in [3.05, 3.63) is 76.0 Å². The summed E-state index contributed by atoms with van der Waals surface area (Å²) < 4.78 is 12.9. The highest BCUT2D eigenvalue weighted by molar-refractivity contribution is 5.77. The topological polar surface area (TPSA) is 74.8 Å². The summed E-state index contributed by atoms with van der Waals surface area (Å²) >= 11 is 0. The van der Waals surface area contributed by atoms with E-state index >= 15 is 0 Å². The molecule has 0 saturated heterocycles. The van der Waals surface area contributed by atoms with Crippen molar-refractivity contribution >= 4 is 16.9 Å². The first-order valence-corrected chi connectivity index (χ1v) is 8.05. The number of para-hydroxylation sites is 2. The number of aromatic amines is 1. The molecule has 0 saturated carbocycles. The Labute approximate surface area is 143 Å². The molecule has 25 heavy (non-hydrogen) atoms. The summed E-state index contributed by atoms with van der Waals surface area (Å²) in [5, 5.41) is 2.84. The zero-order chi connectivity index (χ0) is 17.8. The lowest BCUT2D eigenvalue weighted by Crippen LogP contribution is -2.27. The Hall–Kier alpha value is -3.02. The zero-order valence-electron chi connectivity index (χ0n) is 13.8. The minimum Gasteiger partial charge on any atom is -0.350 e. The second kappa shape index (κ2) is 7.25. The maximum Gasteiger partial charge on any atom is 0.270 e. The largest absolute Gasteiger partial charge is 0.350 e. The van der Waals surface area contributed by atoms with E-state index in [0.29, 0.717) is 16.7 Å². The molecule has 0 aliphatic heterocycles. The summed E-state index contributed by atoms with van der Waals surface area (Å²) in [7, 11) is 0. The van der Waals surface area contributed by atoms with Crippen LogP contribution in [-0.2, 0) is 11.2 Å². The van der Waals surface area contributed by atoms with Crippen LogP contribution in [0.1, 0.15) is 30.6 Å². The number of hydrogen-bond donors (Lipinski definition) is 2. The average Bonchev–Trinajstić information content (AvgIpc) is 2.60. The summed E-state index contributed by atoms with van der Waals surface area (Å²) in [5.74, 6) is -0.505. The number of hydrogen-bond acceptors (Lipinski definition) is 3. The number of carbonyl (C=O) groups excluding carboxylic acids is 1. The van der Waals surface area contributed by atoms with Crippen LogP contribution in [0.5, 0.6) is 0 Å². The molecule has 0 spiro atoms. The highest BCUT2D eigenvalue weighted by Gasteiger charge is 2.12. The first-order valence-electron chi connectivity index (χ1n) is 8.05. The molecule has 0 aliphatic rings. The number of nitrogens with one attached hydrogen (secondary N) is 2. The van der Waals surface area contributed by atoms with E-state index in [-0.39, 0.29) is 36.2 Å². The second-order valence-electron chi connectivity index (χ2n) is 5.87. The molecule has 2 aromatic carbocycles. The lowest BCUT2D eigenvalue weighted by molar-refractivity contribution is -0.121. The first kappa shape index (κ1) is 16.8. The molecule has 0 radical (unpaired) electrons. The van der Waals surface area contributed by atoms with E-state index in [1.54, 1.807) is 18.2 Å². The van der Waals surface area contributed by atoms with Gasteiger partial charge in [0.15, 0.2) is 0 Å². The predicted octanol–water partition coefficient (Wildman–Crippen LogP) is 2.87. The van der Waals surface area contributed by atoms with Crippen LogP contribution >= 0.6 is 0 Å². The molecule has 0 aliphatic carbocycles. The number of H-pyrrole nitrogens is 1. The predicted molar refractivity (Wildman–Crippen MR) is 93.6 cm³/mol. The van der Waals surface area contributed by atoms with Crippen LogP contribution in [0.25, 0.3) is 11.0 Å². The van der Waals surface area contributed by atoms with Gasteiger partial charge in [-0.05, 0) is 36.8 Å². The molecular weight excluding hydrogens is 321 g/mol. The number of fused-ring (bicyclic) bond motifs is 1. The number of amides is 1. The van der Waals surface area contributed by atoms with Gasteiger partial charge in [-0.25, -0.2) is 9.37 Å². The Kier molecular flexibility index (Phi) is 4.88. The minimum absolute atomic E-state index is 0.153. The van der Waals surface area contributed by atoms with Crippen LogP contribution < -0.4 is 10.9 Å². The number of aromatic nitrogens is 2. The normalized spacial score (nSPS) is 12.1. The fraction of sp³-hybridized carbons (Fsp3) is 0.211. The van der Waals surface area contributed by atoms with E-state index in [0.717, 1.165) is 5.56 Å². The van der Waals surface area contributed by atoms with Gasteiger partial charge in [-0.15, -0.1) is 0 Å². The minimum atomic E-state index is -0.316. The molecule has 0 fully saturated rings. The van der Waals surface area contributed by atoms with Crippen molar-refractivity contribution in [1.82, 2.24) is 15.3 Å². The van der Waals surface area contributed by atoms with Crippen LogP contribution in [0.2, 0.25) is 0 Å². The Balaban J connectivity index is 1.63. The Morgan fingerprint density at radius 2 is 1.92 bits per heavy atom. The highest BCUT2D eigenvalue weighted by Crippen LogP contribution is 2.13. The van der Waals surface area contributed by atoms with Gasteiger partial charge in [0.1, 0.15) is 11.5 Å². The van der Waals surface area contributed by atoms with Gasteiger partial charge in [-0.3, -0.25) is 9.59 Å². The molecule has 3 aromatic rings. The first-order chi connectivity index (χ1) is 12.0. The van der Waals surface area contributed by atoms with Crippen molar-refractivity contribution < 1.29 is 9.18 Å². The third kappa shape index (κ3) is 4.09. The van der Waals surface area contributed by atoms with E-state index in [1.165, 1.54) is 12.1 Å². The van der Waals surface area contributed by atoms with E-state index < -0.39 is 0 Å². The number of carbonyl (C=O) groups is 1. The molecule has 1 heterocycles. The number of rotatable bonds is 5. The standard InChI is InChI=1S/C19H18FN3O2/c1-12(13-6-8-14(20)9-7-13)21-18(24)11-10-17-19(25)23-16-5-3-2-4-15(16)22-17/h2-9,12H,10-11H2,1H3,(H,21,24)(H,23,25).